The summed E-state index contributed by atoms with van der Waals surface area (Å²) < 4.78 is 12.2. The van der Waals surface area contributed by atoms with Crippen LogP contribution in [-0.2, 0) is 9.47 Å². The molecular weight excluding hydrogens is 544 g/mol. The smallest absolute Gasteiger partial charge is 0.413 e. The minimum atomic E-state index is -0.711. The first kappa shape index (κ1) is 28.4. The minimum absolute atomic E-state index is 0.0679. The van der Waals surface area contributed by atoms with Crippen LogP contribution in [0.15, 0.2) is 48.7 Å². The Morgan fingerprint density at radius 2 is 1.76 bits per heavy atom. The van der Waals surface area contributed by atoms with Crippen molar-refractivity contribution in [2.75, 3.05) is 36.9 Å². The number of aromatic nitrogens is 4. The number of fused-ring (bicyclic) bond motifs is 1. The molecule has 4 aromatic rings. The van der Waals surface area contributed by atoms with Crippen molar-refractivity contribution in [2.24, 2.45) is 0 Å². The summed E-state index contributed by atoms with van der Waals surface area (Å²) in [7, 11) is 0. The van der Waals surface area contributed by atoms with E-state index in [2.05, 4.69) is 25.6 Å². The van der Waals surface area contributed by atoms with E-state index in [0.717, 1.165) is 0 Å². The third-order valence-electron chi connectivity index (χ3n) is 6.39. The lowest BCUT2D eigenvalue weighted by atomic mass is 10.1. The largest absolute Gasteiger partial charge is 0.444 e. The summed E-state index contributed by atoms with van der Waals surface area (Å²) >= 11 is 0. The fourth-order valence-electron chi connectivity index (χ4n) is 4.39. The molecule has 5 rings (SSSR count). The Labute approximate surface area is 240 Å². The highest BCUT2D eigenvalue weighted by molar-refractivity contribution is 5.94. The van der Waals surface area contributed by atoms with Gasteiger partial charge >= 0.3 is 6.09 Å². The molecule has 0 radical (unpaired) electrons. The fraction of sp³-hybridized carbons (Fsp3) is 0.321. The number of nitrogens with one attached hydrogen (secondary N) is 2. The number of benzene rings is 2. The van der Waals surface area contributed by atoms with Crippen LogP contribution in [0.5, 0.6) is 0 Å². The fourth-order valence-corrected chi connectivity index (χ4v) is 4.39. The predicted octanol–water partition coefficient (Wildman–Crippen LogP) is 4.57. The Morgan fingerprint density at radius 3 is 2.43 bits per heavy atom. The molecule has 14 heteroatoms. The average Bonchev–Trinajstić information content (AvgIpc) is 3.35. The van der Waals surface area contributed by atoms with Crippen LogP contribution in [0.4, 0.5) is 27.9 Å². The Morgan fingerprint density at radius 1 is 1.05 bits per heavy atom. The first-order chi connectivity index (χ1) is 20.0. The topological polar surface area (TPSA) is 166 Å². The maximum Gasteiger partial charge on any atom is 0.413 e. The van der Waals surface area contributed by atoms with Crippen molar-refractivity contribution < 1.29 is 24.0 Å². The summed E-state index contributed by atoms with van der Waals surface area (Å²) in [6, 6.07) is 11.6. The molecule has 42 heavy (non-hydrogen) atoms. The summed E-state index contributed by atoms with van der Waals surface area (Å²) in [6.45, 7) is 8.97. The van der Waals surface area contributed by atoms with Gasteiger partial charge < -0.3 is 19.7 Å². The lowest BCUT2D eigenvalue weighted by Crippen LogP contribution is -2.40. The highest BCUT2D eigenvalue weighted by Gasteiger charge is 2.22. The Bertz CT molecular complexity index is 1660. The normalized spacial score (nSPS) is 13.6. The molecule has 0 spiro atoms. The molecule has 1 fully saturated rings. The quantitative estimate of drug-likeness (QED) is 0.246. The molecule has 218 valence electrons. The van der Waals surface area contributed by atoms with Gasteiger partial charge in [0.25, 0.3) is 11.6 Å². The highest BCUT2D eigenvalue weighted by Crippen LogP contribution is 2.30. The number of anilines is 3. The van der Waals surface area contributed by atoms with E-state index in [0.29, 0.717) is 48.7 Å². The standard InChI is InChI=1S/C28H30N8O6/c1-17-20(6-5-7-21(17)36(39)40)23-32-25(35-16-22(30-26(35)33-23)31-27(38)42-28(2,3)4)29-19-10-8-18(9-11-19)24(37)34-12-14-41-15-13-34/h5-11,16H,12-15H2,1-4H3,(H,31,38)(H,29,30,32,33). The summed E-state index contributed by atoms with van der Waals surface area (Å²) in [6.07, 6.45) is 0.839. The van der Waals surface area contributed by atoms with Crippen LogP contribution in [-0.4, -0.2) is 73.1 Å². The molecule has 2 amide bonds. The molecule has 1 aliphatic rings. The van der Waals surface area contributed by atoms with Gasteiger partial charge in [0.05, 0.1) is 24.3 Å². The second-order valence-electron chi connectivity index (χ2n) is 10.6. The van der Waals surface area contributed by atoms with Gasteiger partial charge in [-0.2, -0.15) is 15.0 Å². The van der Waals surface area contributed by atoms with E-state index in [1.165, 1.54) is 16.7 Å². The zero-order valence-electron chi connectivity index (χ0n) is 23.6. The maximum absolute atomic E-state index is 12.9. The molecule has 2 aromatic heterocycles. The van der Waals surface area contributed by atoms with E-state index >= 15 is 0 Å². The average molecular weight is 575 g/mol. The summed E-state index contributed by atoms with van der Waals surface area (Å²) in [5, 5.41) is 17.4. The van der Waals surface area contributed by atoms with Gasteiger partial charge in [0.15, 0.2) is 11.6 Å². The number of carbonyl (C=O) groups is 2. The van der Waals surface area contributed by atoms with Gasteiger partial charge in [-0.15, -0.1) is 0 Å². The number of nitro groups is 1. The van der Waals surface area contributed by atoms with Gasteiger partial charge in [-0.05, 0) is 52.0 Å². The molecule has 0 unspecified atom stereocenters. The van der Waals surface area contributed by atoms with Crippen molar-refractivity contribution in [3.8, 4) is 11.4 Å². The number of ether oxygens (including phenoxy) is 2. The second kappa shape index (κ2) is 11.4. The molecule has 14 nitrogen and oxygen atoms in total. The molecule has 1 saturated heterocycles. The zero-order valence-corrected chi connectivity index (χ0v) is 23.6. The SMILES string of the molecule is Cc1c(-c2nc(Nc3ccc(C(=O)N4CCOCC4)cc3)n3cc(NC(=O)OC(C)(C)C)nc3n2)cccc1[N+](=O)[O-]. The first-order valence-electron chi connectivity index (χ1n) is 13.2. The van der Waals surface area contributed by atoms with Gasteiger partial charge in [0, 0.05) is 41.5 Å². The van der Waals surface area contributed by atoms with E-state index in [1.807, 2.05) is 0 Å². The van der Waals surface area contributed by atoms with E-state index in [1.54, 1.807) is 69.0 Å². The van der Waals surface area contributed by atoms with E-state index < -0.39 is 16.6 Å². The zero-order chi connectivity index (χ0) is 30.0. The number of nitro benzene ring substituents is 1. The molecule has 1 aliphatic heterocycles. The van der Waals surface area contributed by atoms with Crippen LogP contribution in [0, 0.1) is 17.0 Å². The number of nitrogens with zero attached hydrogens (tertiary/aromatic N) is 6. The summed E-state index contributed by atoms with van der Waals surface area (Å²) in [5.41, 5.74) is 1.22. The Hall–Kier alpha value is -5.11. The van der Waals surface area contributed by atoms with Crippen molar-refractivity contribution in [1.82, 2.24) is 24.3 Å². The molecule has 3 heterocycles. The van der Waals surface area contributed by atoms with Crippen molar-refractivity contribution >= 4 is 40.9 Å². The van der Waals surface area contributed by atoms with Crippen LogP contribution in [0.25, 0.3) is 17.2 Å². The van der Waals surface area contributed by atoms with Gasteiger partial charge in [-0.3, -0.25) is 24.6 Å². The predicted molar refractivity (Wildman–Crippen MR) is 154 cm³/mol. The van der Waals surface area contributed by atoms with Gasteiger partial charge in [-0.1, -0.05) is 12.1 Å². The van der Waals surface area contributed by atoms with Gasteiger partial charge in [0.1, 0.15) is 5.60 Å². The molecule has 2 aromatic carbocycles. The van der Waals surface area contributed by atoms with Crippen LogP contribution in [0.3, 0.4) is 0 Å². The number of imidazole rings is 1. The number of hydrogen-bond donors (Lipinski definition) is 2. The molecule has 2 N–H and O–H groups in total. The van der Waals surface area contributed by atoms with Crippen LogP contribution in [0.2, 0.25) is 0 Å². The highest BCUT2D eigenvalue weighted by atomic mass is 16.6. The molecular formula is C28H30N8O6. The van der Waals surface area contributed by atoms with Gasteiger partial charge in [-0.25, -0.2) is 4.79 Å². The lowest BCUT2D eigenvalue weighted by Gasteiger charge is -2.26. The third-order valence-corrected chi connectivity index (χ3v) is 6.39. The van der Waals surface area contributed by atoms with Crippen molar-refractivity contribution in [2.45, 2.75) is 33.3 Å². The van der Waals surface area contributed by atoms with Crippen LogP contribution >= 0.6 is 0 Å². The number of carbonyl (C=O) groups excluding carboxylic acids is 2. The monoisotopic (exact) mass is 574 g/mol. The molecule has 0 atom stereocenters. The molecule has 0 aliphatic carbocycles. The van der Waals surface area contributed by atoms with E-state index in [-0.39, 0.29) is 35.0 Å². The lowest BCUT2D eigenvalue weighted by molar-refractivity contribution is -0.385. The Kier molecular flexibility index (Phi) is 7.72. The second-order valence-corrected chi connectivity index (χ2v) is 10.6. The minimum Gasteiger partial charge on any atom is -0.444 e. The summed E-state index contributed by atoms with van der Waals surface area (Å²) in [5.74, 6) is 0.738. The van der Waals surface area contributed by atoms with Crippen LogP contribution < -0.4 is 10.6 Å². The van der Waals surface area contributed by atoms with Crippen LogP contribution in [0.1, 0.15) is 36.7 Å². The number of hydrogen-bond acceptors (Lipinski definition) is 10. The van der Waals surface area contributed by atoms with Crippen molar-refractivity contribution in [3.63, 3.8) is 0 Å². The van der Waals surface area contributed by atoms with Crippen molar-refractivity contribution in [1.29, 1.82) is 0 Å². The number of amides is 2. The third kappa shape index (κ3) is 6.28. The summed E-state index contributed by atoms with van der Waals surface area (Å²) in [4.78, 5) is 51.7. The number of morpholine rings is 1. The Balaban J connectivity index is 1.51. The maximum atomic E-state index is 12.9. The van der Waals surface area contributed by atoms with E-state index in [4.69, 9.17) is 9.47 Å². The number of rotatable bonds is 6. The first-order valence-corrected chi connectivity index (χ1v) is 13.2. The van der Waals surface area contributed by atoms with Gasteiger partial charge in [0.2, 0.25) is 11.7 Å². The van der Waals surface area contributed by atoms with E-state index in [9.17, 15) is 19.7 Å². The molecule has 0 saturated carbocycles. The van der Waals surface area contributed by atoms with Crippen molar-refractivity contribution in [3.05, 3.63) is 69.9 Å². The molecule has 0 bridgehead atoms.